The molecule has 0 aliphatic carbocycles. The maximum Gasteiger partial charge on any atom is 0.159 e. The summed E-state index contributed by atoms with van der Waals surface area (Å²) in [5.41, 5.74) is 1.67. The van der Waals surface area contributed by atoms with E-state index in [0.29, 0.717) is 12.2 Å². The summed E-state index contributed by atoms with van der Waals surface area (Å²) in [6.45, 7) is 5.23. The molecule has 21 heavy (non-hydrogen) atoms. The molecule has 0 aliphatic rings. The van der Waals surface area contributed by atoms with Crippen LogP contribution < -0.4 is 10.1 Å². The second kappa shape index (κ2) is 7.18. The van der Waals surface area contributed by atoms with Crippen LogP contribution in [-0.2, 0) is 0 Å². The Morgan fingerprint density at radius 3 is 2.19 bits per heavy atom. The van der Waals surface area contributed by atoms with E-state index in [-0.39, 0.29) is 6.04 Å². The lowest BCUT2D eigenvalue weighted by molar-refractivity contribution is 0.340. The van der Waals surface area contributed by atoms with Crippen molar-refractivity contribution in [2.75, 3.05) is 13.2 Å². The molecule has 0 saturated heterocycles. The van der Waals surface area contributed by atoms with Crippen molar-refractivity contribution in [3.8, 4) is 5.75 Å². The molecule has 2 rings (SSSR count). The van der Waals surface area contributed by atoms with Crippen LogP contribution in [0.5, 0.6) is 5.75 Å². The number of ether oxygens (including phenoxy) is 1. The van der Waals surface area contributed by atoms with Gasteiger partial charge in [-0.3, -0.25) is 0 Å². The average Bonchev–Trinajstić information content (AvgIpc) is 2.49. The Hall–Kier alpha value is -1.94. The first-order chi connectivity index (χ1) is 10.2. The minimum Gasteiger partial charge on any atom is -0.494 e. The van der Waals surface area contributed by atoms with Crippen LogP contribution in [0.1, 0.15) is 31.0 Å². The molecule has 4 heteroatoms. The van der Waals surface area contributed by atoms with Gasteiger partial charge in [0.15, 0.2) is 11.6 Å². The van der Waals surface area contributed by atoms with Crippen molar-refractivity contribution in [3.05, 3.63) is 65.2 Å². The first kappa shape index (κ1) is 15.4. The molecule has 1 unspecified atom stereocenters. The zero-order valence-electron chi connectivity index (χ0n) is 12.2. The van der Waals surface area contributed by atoms with E-state index in [1.54, 1.807) is 6.07 Å². The lowest BCUT2D eigenvalue weighted by atomic mass is 9.98. The molecule has 1 N–H and O–H groups in total. The van der Waals surface area contributed by atoms with Gasteiger partial charge in [-0.2, -0.15) is 0 Å². The Kier molecular flexibility index (Phi) is 5.28. The van der Waals surface area contributed by atoms with Crippen molar-refractivity contribution in [3.63, 3.8) is 0 Å². The first-order valence-electron chi connectivity index (χ1n) is 7.06. The Morgan fingerprint density at radius 2 is 1.62 bits per heavy atom. The van der Waals surface area contributed by atoms with Crippen molar-refractivity contribution in [1.82, 2.24) is 5.32 Å². The molecule has 2 aromatic rings. The topological polar surface area (TPSA) is 21.3 Å². The van der Waals surface area contributed by atoms with Gasteiger partial charge < -0.3 is 10.1 Å². The van der Waals surface area contributed by atoms with Gasteiger partial charge in [0.1, 0.15) is 5.75 Å². The standard InChI is InChI=1S/C17H19F2NO/c1-3-20-17(13-7-10-15(18)16(19)11-13)12-5-8-14(9-6-12)21-4-2/h5-11,17,20H,3-4H2,1-2H3. The molecule has 0 heterocycles. The molecule has 2 aromatic carbocycles. The molecule has 0 spiro atoms. The fraction of sp³-hybridized carbons (Fsp3) is 0.294. The maximum atomic E-state index is 13.4. The van der Waals surface area contributed by atoms with Crippen molar-refractivity contribution in [2.45, 2.75) is 19.9 Å². The summed E-state index contributed by atoms with van der Waals surface area (Å²) in [4.78, 5) is 0. The van der Waals surface area contributed by atoms with Gasteiger partial charge in [0.05, 0.1) is 12.6 Å². The van der Waals surface area contributed by atoms with Gasteiger partial charge in [0, 0.05) is 0 Å². The van der Waals surface area contributed by atoms with Crippen LogP contribution in [-0.4, -0.2) is 13.2 Å². The SMILES string of the molecule is CCNC(c1ccc(OCC)cc1)c1ccc(F)c(F)c1. The third kappa shape index (κ3) is 3.79. The summed E-state index contributed by atoms with van der Waals surface area (Å²) in [7, 11) is 0. The normalized spacial score (nSPS) is 12.2. The van der Waals surface area contributed by atoms with Gasteiger partial charge >= 0.3 is 0 Å². The monoisotopic (exact) mass is 291 g/mol. The molecular formula is C17H19F2NO. The third-order valence-electron chi connectivity index (χ3n) is 3.21. The first-order valence-corrected chi connectivity index (χ1v) is 7.06. The lowest BCUT2D eigenvalue weighted by Crippen LogP contribution is -2.22. The molecule has 0 saturated carbocycles. The zero-order valence-corrected chi connectivity index (χ0v) is 12.2. The number of hydrogen-bond acceptors (Lipinski definition) is 2. The van der Waals surface area contributed by atoms with Crippen molar-refractivity contribution in [2.24, 2.45) is 0 Å². The van der Waals surface area contributed by atoms with Crippen LogP contribution in [0.25, 0.3) is 0 Å². The smallest absolute Gasteiger partial charge is 0.159 e. The fourth-order valence-corrected chi connectivity index (χ4v) is 2.25. The summed E-state index contributed by atoms with van der Waals surface area (Å²) in [6, 6.07) is 11.4. The van der Waals surface area contributed by atoms with Crippen LogP contribution in [0.3, 0.4) is 0 Å². The van der Waals surface area contributed by atoms with Crippen LogP contribution in [0.4, 0.5) is 8.78 Å². The van der Waals surface area contributed by atoms with Crippen molar-refractivity contribution in [1.29, 1.82) is 0 Å². The number of benzene rings is 2. The molecular weight excluding hydrogens is 272 g/mol. The molecule has 1 atom stereocenters. The van der Waals surface area contributed by atoms with Crippen molar-refractivity contribution < 1.29 is 13.5 Å². The molecule has 0 aliphatic heterocycles. The summed E-state index contributed by atoms with van der Waals surface area (Å²) < 4.78 is 31.9. The van der Waals surface area contributed by atoms with Crippen LogP contribution in [0.15, 0.2) is 42.5 Å². The minimum atomic E-state index is -0.833. The van der Waals surface area contributed by atoms with E-state index in [0.717, 1.165) is 23.9 Å². The minimum absolute atomic E-state index is 0.180. The number of rotatable bonds is 6. The molecule has 0 aromatic heterocycles. The van der Waals surface area contributed by atoms with Gasteiger partial charge in [-0.05, 0) is 48.9 Å². The van der Waals surface area contributed by atoms with Crippen LogP contribution >= 0.6 is 0 Å². The predicted octanol–water partition coefficient (Wildman–Crippen LogP) is 4.06. The van der Waals surface area contributed by atoms with Gasteiger partial charge in [-0.15, -0.1) is 0 Å². The predicted molar refractivity (Wildman–Crippen MR) is 79.5 cm³/mol. The summed E-state index contributed by atoms with van der Waals surface area (Å²) in [5.74, 6) is -0.871. The van der Waals surface area contributed by atoms with Gasteiger partial charge in [-0.1, -0.05) is 25.1 Å². The van der Waals surface area contributed by atoms with Gasteiger partial charge in [0.25, 0.3) is 0 Å². The van der Waals surface area contributed by atoms with Gasteiger partial charge in [0.2, 0.25) is 0 Å². The zero-order chi connectivity index (χ0) is 15.2. The second-order valence-electron chi connectivity index (χ2n) is 4.67. The van der Waals surface area contributed by atoms with Crippen LogP contribution in [0, 0.1) is 11.6 Å². The Morgan fingerprint density at radius 1 is 0.952 bits per heavy atom. The molecule has 0 radical (unpaired) electrons. The van der Waals surface area contributed by atoms with E-state index in [2.05, 4.69) is 5.32 Å². The third-order valence-corrected chi connectivity index (χ3v) is 3.21. The number of hydrogen-bond donors (Lipinski definition) is 1. The average molecular weight is 291 g/mol. The second-order valence-corrected chi connectivity index (χ2v) is 4.67. The van der Waals surface area contributed by atoms with E-state index >= 15 is 0 Å². The maximum absolute atomic E-state index is 13.4. The molecule has 0 fully saturated rings. The number of halogens is 2. The highest BCUT2D eigenvalue weighted by atomic mass is 19.2. The largest absolute Gasteiger partial charge is 0.494 e. The van der Waals surface area contributed by atoms with Gasteiger partial charge in [-0.25, -0.2) is 8.78 Å². The number of nitrogens with one attached hydrogen (secondary N) is 1. The van der Waals surface area contributed by atoms with E-state index in [1.807, 2.05) is 38.1 Å². The van der Waals surface area contributed by atoms with E-state index in [1.165, 1.54) is 6.07 Å². The van der Waals surface area contributed by atoms with E-state index in [9.17, 15) is 8.78 Å². The fourth-order valence-electron chi connectivity index (χ4n) is 2.25. The summed E-state index contributed by atoms with van der Waals surface area (Å²) in [6.07, 6.45) is 0. The molecule has 2 nitrogen and oxygen atoms in total. The molecule has 112 valence electrons. The summed E-state index contributed by atoms with van der Waals surface area (Å²) in [5, 5.41) is 3.28. The Balaban J connectivity index is 2.31. The molecule has 0 amide bonds. The highest BCUT2D eigenvalue weighted by molar-refractivity contribution is 5.35. The van der Waals surface area contributed by atoms with Crippen molar-refractivity contribution >= 4 is 0 Å². The van der Waals surface area contributed by atoms with E-state index in [4.69, 9.17) is 4.74 Å². The Labute approximate surface area is 123 Å². The highest BCUT2D eigenvalue weighted by Gasteiger charge is 2.15. The van der Waals surface area contributed by atoms with Crippen LogP contribution in [0.2, 0.25) is 0 Å². The highest BCUT2D eigenvalue weighted by Crippen LogP contribution is 2.25. The quantitative estimate of drug-likeness (QED) is 0.866. The lowest BCUT2D eigenvalue weighted by Gasteiger charge is -2.19. The summed E-state index contributed by atoms with van der Waals surface area (Å²) >= 11 is 0. The Bertz CT molecular complexity index is 584. The molecule has 0 bridgehead atoms. The van der Waals surface area contributed by atoms with E-state index < -0.39 is 11.6 Å².